The van der Waals surface area contributed by atoms with E-state index in [1.54, 1.807) is 23.3 Å². The number of amidine groups is 1. The molecule has 3 heterocycles. The Balaban J connectivity index is 1.69. The van der Waals surface area contributed by atoms with Crippen molar-refractivity contribution in [3.63, 3.8) is 0 Å². The molecule has 0 unspecified atom stereocenters. The highest BCUT2D eigenvalue weighted by Crippen LogP contribution is 2.16. The summed E-state index contributed by atoms with van der Waals surface area (Å²) in [4.78, 5) is 13.9. The molecule has 0 saturated carbocycles. The maximum Gasteiger partial charge on any atom is 0.256 e. The second-order valence-electron chi connectivity index (χ2n) is 5.55. The lowest BCUT2D eigenvalue weighted by atomic mass is 10.2. The molecule has 1 aromatic heterocycles. The summed E-state index contributed by atoms with van der Waals surface area (Å²) in [7, 11) is -1.43. The van der Waals surface area contributed by atoms with Gasteiger partial charge < -0.3 is 14.8 Å². The van der Waals surface area contributed by atoms with Crippen LogP contribution in [0, 0.1) is 6.92 Å². The average molecular weight is 334 g/mol. The first-order valence-corrected chi connectivity index (χ1v) is 8.85. The summed E-state index contributed by atoms with van der Waals surface area (Å²) in [5.74, 6) is 0.108. The number of hydrogen-bond acceptors (Lipinski definition) is 4. The number of nitrogens with one attached hydrogen (secondary N) is 1. The fourth-order valence-corrected chi connectivity index (χ4v) is 3.42. The van der Waals surface area contributed by atoms with E-state index in [9.17, 15) is 13.2 Å². The monoisotopic (exact) mass is 334 g/mol. The van der Waals surface area contributed by atoms with Crippen LogP contribution in [0.5, 0.6) is 0 Å². The normalized spacial score (nSPS) is 19.0. The number of hydrogen-bond donors (Lipinski definition) is 1. The van der Waals surface area contributed by atoms with Crippen LogP contribution < -0.4 is 5.32 Å². The van der Waals surface area contributed by atoms with Crippen LogP contribution in [-0.2, 0) is 28.4 Å². The lowest BCUT2D eigenvalue weighted by molar-refractivity contribution is -0.117. The van der Waals surface area contributed by atoms with Crippen molar-refractivity contribution in [2.45, 2.75) is 13.5 Å². The van der Waals surface area contributed by atoms with Gasteiger partial charge in [-0.25, -0.2) is 8.42 Å². The van der Waals surface area contributed by atoms with Crippen molar-refractivity contribution >= 4 is 21.8 Å². The summed E-state index contributed by atoms with van der Waals surface area (Å²) in [6, 6.07) is 3.97. The predicted molar refractivity (Wildman–Crippen MR) is 87.1 cm³/mol. The molecule has 0 radical (unpaired) electrons. The van der Waals surface area contributed by atoms with Gasteiger partial charge in [-0.3, -0.25) is 4.79 Å². The molecule has 2 aliphatic heterocycles. The van der Waals surface area contributed by atoms with Gasteiger partial charge in [-0.15, -0.1) is 4.40 Å². The fraction of sp³-hybridized carbons (Fsp3) is 0.333. The molecule has 1 N–H and O–H groups in total. The molecule has 8 heteroatoms. The summed E-state index contributed by atoms with van der Waals surface area (Å²) in [6.07, 6.45) is 4.78. The lowest BCUT2D eigenvalue weighted by Crippen LogP contribution is -2.38. The van der Waals surface area contributed by atoms with Gasteiger partial charge in [0.1, 0.15) is 5.84 Å². The lowest BCUT2D eigenvalue weighted by Gasteiger charge is -2.26. The van der Waals surface area contributed by atoms with Crippen molar-refractivity contribution in [1.82, 2.24) is 14.8 Å². The molecule has 1 aromatic rings. The molecule has 7 nitrogen and oxygen atoms in total. The standard InChI is InChI=1S/C15H18N4O3S/c1-11-3-5-13(18(11)2)9-16-15(20)12-4-6-14-17-23(21,22)8-7-19(14)10-12/h3-6,10H,7-9H2,1-2H3,(H,16,20). The van der Waals surface area contributed by atoms with Crippen molar-refractivity contribution in [2.75, 3.05) is 12.3 Å². The van der Waals surface area contributed by atoms with Crippen molar-refractivity contribution < 1.29 is 13.2 Å². The number of aryl methyl sites for hydroxylation is 1. The smallest absolute Gasteiger partial charge is 0.256 e. The Morgan fingerprint density at radius 2 is 2.13 bits per heavy atom. The second kappa shape index (κ2) is 5.69. The summed E-state index contributed by atoms with van der Waals surface area (Å²) in [5.41, 5.74) is 2.62. The molecule has 0 spiro atoms. The van der Waals surface area contributed by atoms with Crippen molar-refractivity contribution in [3.05, 3.63) is 47.4 Å². The average Bonchev–Trinajstić information content (AvgIpc) is 2.83. The van der Waals surface area contributed by atoms with Crippen LogP contribution in [0.3, 0.4) is 0 Å². The highest BCUT2D eigenvalue weighted by Gasteiger charge is 2.24. The molecule has 0 bridgehead atoms. The first kappa shape index (κ1) is 15.5. The van der Waals surface area contributed by atoms with Gasteiger partial charge in [0, 0.05) is 31.2 Å². The zero-order chi connectivity index (χ0) is 16.6. The molecule has 0 atom stereocenters. The third-order valence-corrected chi connectivity index (χ3v) is 5.16. The number of carbonyl (C=O) groups excluding carboxylic acids is 1. The molecule has 0 aromatic carbocycles. The Kier molecular flexibility index (Phi) is 3.85. The van der Waals surface area contributed by atoms with Gasteiger partial charge in [0.2, 0.25) is 0 Å². The van der Waals surface area contributed by atoms with Gasteiger partial charge in [0.25, 0.3) is 15.9 Å². The maximum absolute atomic E-state index is 12.3. The topological polar surface area (TPSA) is 83.8 Å². The van der Waals surface area contributed by atoms with Crippen LogP contribution >= 0.6 is 0 Å². The SMILES string of the molecule is Cc1ccc(CNC(=O)C2=CN3CCS(=O)(=O)N=C3C=C2)n1C. The van der Waals surface area contributed by atoms with Gasteiger partial charge in [0.15, 0.2) is 0 Å². The number of aromatic nitrogens is 1. The van der Waals surface area contributed by atoms with Crippen LogP contribution in [-0.4, -0.2) is 41.9 Å². The van der Waals surface area contributed by atoms with E-state index in [1.165, 1.54) is 0 Å². The van der Waals surface area contributed by atoms with Crippen LogP contribution in [0.2, 0.25) is 0 Å². The van der Waals surface area contributed by atoms with Gasteiger partial charge >= 0.3 is 0 Å². The molecule has 2 aliphatic rings. The first-order valence-electron chi connectivity index (χ1n) is 7.24. The van der Waals surface area contributed by atoms with Gasteiger partial charge in [0.05, 0.1) is 17.9 Å². The molecule has 0 aliphatic carbocycles. The molecule has 1 amide bonds. The zero-order valence-electron chi connectivity index (χ0n) is 13.0. The van der Waals surface area contributed by atoms with E-state index in [2.05, 4.69) is 9.71 Å². The zero-order valence-corrected chi connectivity index (χ0v) is 13.8. The van der Waals surface area contributed by atoms with Crippen molar-refractivity contribution in [1.29, 1.82) is 0 Å². The number of nitrogens with zero attached hydrogens (tertiary/aromatic N) is 3. The minimum Gasteiger partial charge on any atom is -0.350 e. The van der Waals surface area contributed by atoms with E-state index in [1.807, 2.05) is 30.7 Å². The highest BCUT2D eigenvalue weighted by molar-refractivity contribution is 7.90. The molecule has 0 saturated heterocycles. The third kappa shape index (κ3) is 3.21. The van der Waals surface area contributed by atoms with E-state index in [0.717, 1.165) is 11.4 Å². The molecule has 122 valence electrons. The second-order valence-corrected chi connectivity index (χ2v) is 7.31. The van der Waals surface area contributed by atoms with Crippen molar-refractivity contribution in [3.8, 4) is 0 Å². The molecule has 23 heavy (non-hydrogen) atoms. The van der Waals surface area contributed by atoms with Crippen LogP contribution in [0.15, 0.2) is 40.5 Å². The summed E-state index contributed by atoms with van der Waals surface area (Å²) < 4.78 is 28.6. The Morgan fingerprint density at radius 1 is 1.35 bits per heavy atom. The Hall–Kier alpha value is -2.35. The minimum absolute atomic E-state index is 0.0433. The number of carbonyl (C=O) groups is 1. The summed E-state index contributed by atoms with van der Waals surface area (Å²) >= 11 is 0. The first-order chi connectivity index (χ1) is 10.9. The van der Waals surface area contributed by atoms with Crippen LogP contribution in [0.25, 0.3) is 0 Å². The Morgan fingerprint density at radius 3 is 2.83 bits per heavy atom. The van der Waals surface area contributed by atoms with Crippen LogP contribution in [0.4, 0.5) is 0 Å². The molecular weight excluding hydrogens is 316 g/mol. The fourth-order valence-electron chi connectivity index (χ4n) is 2.45. The van der Waals surface area contributed by atoms with Crippen molar-refractivity contribution in [2.24, 2.45) is 11.4 Å². The van der Waals surface area contributed by atoms with E-state index in [0.29, 0.717) is 24.5 Å². The van der Waals surface area contributed by atoms with Gasteiger partial charge in [-0.1, -0.05) is 0 Å². The Bertz CT molecular complexity index is 846. The number of fused-ring (bicyclic) bond motifs is 1. The molecule has 3 rings (SSSR count). The van der Waals surface area contributed by atoms with E-state index < -0.39 is 10.0 Å². The van der Waals surface area contributed by atoms with Gasteiger partial charge in [-0.2, -0.15) is 0 Å². The number of sulfonamides is 1. The highest BCUT2D eigenvalue weighted by atomic mass is 32.2. The minimum atomic E-state index is -3.38. The molecular formula is C15H18N4O3S. The number of amides is 1. The van der Waals surface area contributed by atoms with Gasteiger partial charge in [-0.05, 0) is 31.2 Å². The Labute approximate surface area is 135 Å². The van der Waals surface area contributed by atoms with Crippen LogP contribution in [0.1, 0.15) is 11.4 Å². The summed E-state index contributed by atoms with van der Waals surface area (Å²) in [6.45, 7) is 2.74. The quantitative estimate of drug-likeness (QED) is 0.870. The van der Waals surface area contributed by atoms with E-state index in [4.69, 9.17) is 0 Å². The van der Waals surface area contributed by atoms with E-state index >= 15 is 0 Å². The third-order valence-electron chi connectivity index (χ3n) is 3.99. The largest absolute Gasteiger partial charge is 0.350 e. The van der Waals surface area contributed by atoms with E-state index in [-0.39, 0.29) is 11.7 Å². The maximum atomic E-state index is 12.3. The molecule has 0 fully saturated rings. The predicted octanol–water partition coefficient (Wildman–Crippen LogP) is 0.447. The number of rotatable bonds is 3. The summed E-state index contributed by atoms with van der Waals surface area (Å²) in [5, 5.41) is 2.87.